The van der Waals surface area contributed by atoms with Gasteiger partial charge in [0.05, 0.1) is 0 Å². The molecule has 0 amide bonds. The second-order valence-corrected chi connectivity index (χ2v) is 0. The molecule has 0 atom stereocenters. The van der Waals surface area contributed by atoms with E-state index in [0.29, 0.717) is 0 Å². The Hall–Kier alpha value is 4.20. The molecule has 0 rings (SSSR count). The quantitative estimate of drug-likeness (QED) is 0.391. The SMILES string of the molecule is [O-2].[O-2].[O-2].[Rb+].[Rb+].[Ti+4]. The van der Waals surface area contributed by atoms with Crippen LogP contribution in [-0.4, -0.2) is 0 Å². The Morgan fingerprint density at radius 1 is 0.500 bits per heavy atom. The van der Waals surface area contributed by atoms with Crippen molar-refractivity contribution in [3.8, 4) is 0 Å². The topological polar surface area (TPSA) is 85.5 Å². The summed E-state index contributed by atoms with van der Waals surface area (Å²) in [4.78, 5) is 0. The van der Waals surface area contributed by atoms with Crippen molar-refractivity contribution >= 4 is 0 Å². The van der Waals surface area contributed by atoms with Crippen LogP contribution in [0.5, 0.6) is 0 Å². The van der Waals surface area contributed by atoms with E-state index in [-0.39, 0.29) is 155 Å². The minimum atomic E-state index is 0. The van der Waals surface area contributed by atoms with E-state index in [1.807, 2.05) is 0 Å². The maximum Gasteiger partial charge on any atom is 4.00 e. The first-order valence-corrected chi connectivity index (χ1v) is 0. The number of hydrogen-bond donors (Lipinski definition) is 0. The summed E-state index contributed by atoms with van der Waals surface area (Å²) in [5, 5.41) is 0. The monoisotopic (exact) mass is 266 g/mol. The van der Waals surface area contributed by atoms with Gasteiger partial charge >= 0.3 is 138 Å². The second-order valence-electron chi connectivity index (χ2n) is 0. The largest absolute Gasteiger partial charge is 4.00 e. The summed E-state index contributed by atoms with van der Waals surface area (Å²) in [6, 6.07) is 0. The Bertz CT molecular complexity index is 8.75. The molecule has 0 unspecified atom stereocenters. The Labute approximate surface area is 149 Å². The minimum absolute atomic E-state index is 0. The van der Waals surface area contributed by atoms with Gasteiger partial charge in [-0.1, -0.05) is 0 Å². The molecule has 0 fully saturated rings. The van der Waals surface area contributed by atoms with Gasteiger partial charge in [-0.25, -0.2) is 0 Å². The van der Waals surface area contributed by atoms with Crippen molar-refractivity contribution < 1.29 is 155 Å². The molecule has 0 heterocycles. The first-order chi connectivity index (χ1) is 0. The van der Waals surface area contributed by atoms with Gasteiger partial charge in [0.15, 0.2) is 0 Å². The van der Waals surface area contributed by atoms with Crippen LogP contribution in [0.15, 0.2) is 0 Å². The van der Waals surface area contributed by atoms with Crippen molar-refractivity contribution in [1.82, 2.24) is 0 Å². The van der Waals surface area contributed by atoms with E-state index in [2.05, 4.69) is 0 Å². The Morgan fingerprint density at radius 2 is 0.500 bits per heavy atom. The molecule has 6 heavy (non-hydrogen) atoms. The molecule has 0 aliphatic rings. The maximum atomic E-state index is 0. The number of hydrogen-bond acceptors (Lipinski definition) is 0. The van der Waals surface area contributed by atoms with Crippen molar-refractivity contribution in [3.05, 3.63) is 0 Å². The zero-order valence-electron chi connectivity index (χ0n) is 3.72. The van der Waals surface area contributed by atoms with Crippen LogP contribution in [0.25, 0.3) is 0 Å². The Kier molecular flexibility index (Phi) is 286. The molecule has 0 N–H and O–H groups in total. The Balaban J connectivity index is 0. The molecule has 0 aliphatic carbocycles. The normalized spacial score (nSPS) is 0. The fourth-order valence-corrected chi connectivity index (χ4v) is 0. The van der Waals surface area contributed by atoms with Crippen molar-refractivity contribution in [2.75, 3.05) is 0 Å². The third-order valence-corrected chi connectivity index (χ3v) is 0. The molecule has 0 saturated carbocycles. The second kappa shape index (κ2) is 35.0. The molecule has 24 valence electrons. The molecule has 0 spiro atoms. The standard InChI is InChI=1S/3O.2Rb.Ti/q3*-2;2*+1;+4. The summed E-state index contributed by atoms with van der Waals surface area (Å²) >= 11 is 0. The fourth-order valence-electron chi connectivity index (χ4n) is 0. The van der Waals surface area contributed by atoms with Crippen LogP contribution in [-0.2, 0) is 38.1 Å². The number of rotatable bonds is 0. The first kappa shape index (κ1) is 48.9. The summed E-state index contributed by atoms with van der Waals surface area (Å²) in [6.07, 6.45) is 0. The molecule has 0 aliphatic heterocycles. The summed E-state index contributed by atoms with van der Waals surface area (Å²) < 4.78 is 0. The van der Waals surface area contributed by atoms with Crippen molar-refractivity contribution in [1.29, 1.82) is 0 Å². The third-order valence-electron chi connectivity index (χ3n) is 0. The van der Waals surface area contributed by atoms with Crippen LogP contribution < -0.4 is 116 Å². The van der Waals surface area contributed by atoms with Gasteiger partial charge in [0.2, 0.25) is 0 Å². The summed E-state index contributed by atoms with van der Waals surface area (Å²) in [7, 11) is 0. The van der Waals surface area contributed by atoms with E-state index in [1.165, 1.54) is 0 Å². The molecule has 0 aromatic heterocycles. The van der Waals surface area contributed by atoms with Gasteiger partial charge in [0.25, 0.3) is 0 Å². The van der Waals surface area contributed by atoms with E-state index in [9.17, 15) is 0 Å². The fraction of sp³-hybridized carbons (Fsp3) is 0. The van der Waals surface area contributed by atoms with E-state index >= 15 is 0 Å². The Morgan fingerprint density at radius 3 is 0.500 bits per heavy atom. The van der Waals surface area contributed by atoms with Crippen LogP contribution in [0.2, 0.25) is 0 Å². The average Bonchev–Trinajstić information content (AvgIpc) is 0. The van der Waals surface area contributed by atoms with E-state index in [4.69, 9.17) is 0 Å². The van der Waals surface area contributed by atoms with Gasteiger partial charge in [0.1, 0.15) is 0 Å². The van der Waals surface area contributed by atoms with Gasteiger partial charge in [-0.15, -0.1) is 0 Å². The van der Waals surface area contributed by atoms with Crippen LogP contribution in [0, 0.1) is 0 Å². The molecule has 6 heteroatoms. The van der Waals surface area contributed by atoms with Crippen LogP contribution in [0.3, 0.4) is 0 Å². The minimum Gasteiger partial charge on any atom is -2.00 e. The molecule has 0 radical (unpaired) electrons. The zero-order valence-corrected chi connectivity index (χ0v) is 15.1. The molecular formula is O3Rb2Ti. The van der Waals surface area contributed by atoms with Crippen molar-refractivity contribution in [2.24, 2.45) is 0 Å². The van der Waals surface area contributed by atoms with E-state index < -0.39 is 0 Å². The van der Waals surface area contributed by atoms with E-state index in [0.717, 1.165) is 0 Å². The van der Waals surface area contributed by atoms with Gasteiger partial charge in [0, 0.05) is 0 Å². The molecular weight excluding hydrogens is 267 g/mol. The predicted octanol–water partition coefficient (Wildman–Crippen LogP) is -6.35. The summed E-state index contributed by atoms with van der Waals surface area (Å²) in [6.45, 7) is 0. The van der Waals surface area contributed by atoms with Crippen LogP contribution >= 0.6 is 0 Å². The molecule has 0 saturated heterocycles. The maximum absolute atomic E-state index is 0. The van der Waals surface area contributed by atoms with Crippen molar-refractivity contribution in [3.63, 3.8) is 0 Å². The zero-order chi connectivity index (χ0) is 0. The summed E-state index contributed by atoms with van der Waals surface area (Å²) in [5.74, 6) is 0. The van der Waals surface area contributed by atoms with Crippen LogP contribution in [0.4, 0.5) is 0 Å². The van der Waals surface area contributed by atoms with Gasteiger partial charge in [-0.2, -0.15) is 0 Å². The average molecular weight is 267 g/mol. The van der Waals surface area contributed by atoms with Crippen molar-refractivity contribution in [2.45, 2.75) is 0 Å². The third kappa shape index (κ3) is 24.1. The van der Waals surface area contributed by atoms with Gasteiger partial charge in [-0.05, 0) is 0 Å². The summed E-state index contributed by atoms with van der Waals surface area (Å²) in [5.41, 5.74) is 0. The first-order valence-electron chi connectivity index (χ1n) is 0. The molecule has 0 aromatic carbocycles. The van der Waals surface area contributed by atoms with Gasteiger partial charge in [-0.3, -0.25) is 0 Å². The molecule has 0 aromatic rings. The van der Waals surface area contributed by atoms with E-state index in [1.54, 1.807) is 0 Å². The smallest absolute Gasteiger partial charge is 2.00 e. The predicted molar refractivity (Wildman–Crippen MR) is 2.06 cm³/mol. The van der Waals surface area contributed by atoms with Crippen LogP contribution in [0.1, 0.15) is 0 Å². The molecule has 3 nitrogen and oxygen atoms in total. The molecule has 0 bridgehead atoms. The van der Waals surface area contributed by atoms with Gasteiger partial charge < -0.3 is 16.4 Å².